The van der Waals surface area contributed by atoms with Crippen molar-refractivity contribution in [3.63, 3.8) is 0 Å². The maximum atomic E-state index is 11.9. The molecule has 0 bridgehead atoms. The third-order valence-corrected chi connectivity index (χ3v) is 3.30. The van der Waals surface area contributed by atoms with Crippen molar-refractivity contribution in [1.29, 1.82) is 0 Å². The zero-order valence-corrected chi connectivity index (χ0v) is 9.09. The van der Waals surface area contributed by atoms with E-state index >= 15 is 0 Å². The molecule has 1 unspecified atom stereocenters. The van der Waals surface area contributed by atoms with Gasteiger partial charge in [-0.05, 0) is 39.2 Å². The van der Waals surface area contributed by atoms with Gasteiger partial charge in [0.2, 0.25) is 5.91 Å². The van der Waals surface area contributed by atoms with Crippen LogP contribution in [0.15, 0.2) is 23.4 Å². The van der Waals surface area contributed by atoms with Gasteiger partial charge in [-0.2, -0.15) is 0 Å². The van der Waals surface area contributed by atoms with E-state index in [9.17, 15) is 9.59 Å². The number of nitrogens with one attached hydrogen (secondary N) is 1. The lowest BCUT2D eigenvalue weighted by molar-refractivity contribution is -0.140. The highest BCUT2D eigenvalue weighted by Crippen LogP contribution is 2.38. The van der Waals surface area contributed by atoms with E-state index in [1.54, 1.807) is 6.08 Å². The standard InChI is InChI=1S/C12H15NO2/c1-8-3-5-12(10(14)7-8)6-4-9(2)13-11(12)15/h4,7H,3,5-6H2,1-2H3,(H,13,15). The summed E-state index contributed by atoms with van der Waals surface area (Å²) in [4.78, 5) is 23.8. The predicted octanol–water partition coefficient (Wildman–Crippen LogP) is 1.71. The van der Waals surface area contributed by atoms with Crippen molar-refractivity contribution in [3.8, 4) is 0 Å². The van der Waals surface area contributed by atoms with Crippen molar-refractivity contribution in [3.05, 3.63) is 23.4 Å². The van der Waals surface area contributed by atoms with E-state index in [0.29, 0.717) is 12.8 Å². The molecule has 3 nitrogen and oxygen atoms in total. The number of ketones is 1. The number of hydrogen-bond acceptors (Lipinski definition) is 2. The van der Waals surface area contributed by atoms with Crippen molar-refractivity contribution >= 4 is 11.7 Å². The van der Waals surface area contributed by atoms with Crippen LogP contribution >= 0.6 is 0 Å². The second-order valence-corrected chi connectivity index (χ2v) is 4.48. The average Bonchev–Trinajstić information content (AvgIpc) is 2.16. The smallest absolute Gasteiger partial charge is 0.238 e. The molecule has 0 fully saturated rings. The van der Waals surface area contributed by atoms with Crippen LogP contribution in [-0.4, -0.2) is 11.7 Å². The molecule has 1 heterocycles. The Morgan fingerprint density at radius 1 is 1.33 bits per heavy atom. The minimum Gasteiger partial charge on any atom is -0.330 e. The first-order valence-corrected chi connectivity index (χ1v) is 5.24. The summed E-state index contributed by atoms with van der Waals surface area (Å²) in [7, 11) is 0. The molecule has 3 heteroatoms. The Balaban J connectivity index is 2.36. The quantitative estimate of drug-likeness (QED) is 0.612. The SMILES string of the molecule is CC1=CC(=O)C2(CC=C(C)NC2=O)CC1. The van der Waals surface area contributed by atoms with E-state index < -0.39 is 5.41 Å². The van der Waals surface area contributed by atoms with Gasteiger partial charge in [-0.25, -0.2) is 0 Å². The molecule has 0 aromatic rings. The van der Waals surface area contributed by atoms with Crippen molar-refractivity contribution in [1.82, 2.24) is 5.32 Å². The molecular weight excluding hydrogens is 190 g/mol. The molecular formula is C12H15NO2. The number of rotatable bonds is 0. The zero-order chi connectivity index (χ0) is 11.1. The van der Waals surface area contributed by atoms with Crippen molar-refractivity contribution < 1.29 is 9.59 Å². The Morgan fingerprint density at radius 2 is 2.07 bits per heavy atom. The maximum absolute atomic E-state index is 11.9. The maximum Gasteiger partial charge on any atom is 0.238 e. The van der Waals surface area contributed by atoms with Crippen LogP contribution in [0.3, 0.4) is 0 Å². The lowest BCUT2D eigenvalue weighted by Gasteiger charge is -2.35. The fourth-order valence-electron chi connectivity index (χ4n) is 2.17. The van der Waals surface area contributed by atoms with Crippen LogP contribution in [-0.2, 0) is 9.59 Å². The number of amides is 1. The normalized spacial score (nSPS) is 31.1. The topological polar surface area (TPSA) is 46.2 Å². The third-order valence-electron chi connectivity index (χ3n) is 3.30. The van der Waals surface area contributed by atoms with Crippen LogP contribution in [0.25, 0.3) is 0 Å². The van der Waals surface area contributed by atoms with Crippen LogP contribution in [0.2, 0.25) is 0 Å². The van der Waals surface area contributed by atoms with E-state index in [-0.39, 0.29) is 11.7 Å². The zero-order valence-electron chi connectivity index (χ0n) is 9.09. The Labute approximate surface area is 89.2 Å². The van der Waals surface area contributed by atoms with Crippen LogP contribution in [0.1, 0.15) is 33.1 Å². The van der Waals surface area contributed by atoms with E-state index in [1.165, 1.54) is 0 Å². The summed E-state index contributed by atoms with van der Waals surface area (Å²) in [6, 6.07) is 0. The third kappa shape index (κ3) is 1.52. The molecule has 1 spiro atoms. The van der Waals surface area contributed by atoms with Gasteiger partial charge >= 0.3 is 0 Å². The van der Waals surface area contributed by atoms with Gasteiger partial charge in [0, 0.05) is 5.70 Å². The summed E-state index contributed by atoms with van der Waals surface area (Å²) in [6.45, 7) is 3.78. The minimum atomic E-state index is -0.807. The summed E-state index contributed by atoms with van der Waals surface area (Å²) in [5, 5.41) is 2.76. The monoisotopic (exact) mass is 205 g/mol. The first kappa shape index (κ1) is 10.1. The Kier molecular flexibility index (Phi) is 2.25. The average molecular weight is 205 g/mol. The number of carbonyl (C=O) groups excluding carboxylic acids is 2. The number of hydrogen-bond donors (Lipinski definition) is 1. The Bertz CT molecular complexity index is 392. The van der Waals surface area contributed by atoms with Gasteiger partial charge in [0.25, 0.3) is 0 Å². The lowest BCUT2D eigenvalue weighted by Crippen LogP contribution is -2.48. The van der Waals surface area contributed by atoms with Crippen LogP contribution < -0.4 is 5.32 Å². The summed E-state index contributed by atoms with van der Waals surface area (Å²) in [6.07, 6.45) is 5.59. The number of carbonyl (C=O) groups is 2. The summed E-state index contributed by atoms with van der Waals surface area (Å²) in [5.41, 5.74) is 1.12. The second kappa shape index (κ2) is 3.33. The van der Waals surface area contributed by atoms with Gasteiger partial charge in [-0.1, -0.05) is 11.6 Å². The lowest BCUT2D eigenvalue weighted by atomic mass is 9.70. The fourth-order valence-corrected chi connectivity index (χ4v) is 2.17. The van der Waals surface area contributed by atoms with Gasteiger partial charge in [0.1, 0.15) is 5.41 Å². The summed E-state index contributed by atoms with van der Waals surface area (Å²) in [5.74, 6) is -0.163. The molecule has 0 saturated heterocycles. The van der Waals surface area contributed by atoms with Crippen LogP contribution in [0, 0.1) is 5.41 Å². The second-order valence-electron chi connectivity index (χ2n) is 4.48. The van der Waals surface area contributed by atoms with E-state index in [0.717, 1.165) is 17.7 Å². The molecule has 1 amide bonds. The van der Waals surface area contributed by atoms with Crippen molar-refractivity contribution in [2.45, 2.75) is 33.1 Å². The predicted molar refractivity (Wildman–Crippen MR) is 56.9 cm³/mol. The molecule has 0 aromatic carbocycles. The summed E-state index contributed by atoms with van der Waals surface area (Å²) < 4.78 is 0. The minimum absolute atomic E-state index is 0.0347. The van der Waals surface area contributed by atoms with Gasteiger partial charge in [-0.3, -0.25) is 9.59 Å². The van der Waals surface area contributed by atoms with Crippen molar-refractivity contribution in [2.24, 2.45) is 5.41 Å². The molecule has 1 aliphatic carbocycles. The van der Waals surface area contributed by atoms with Crippen LogP contribution in [0.5, 0.6) is 0 Å². The molecule has 80 valence electrons. The molecule has 0 aromatic heterocycles. The molecule has 0 radical (unpaired) electrons. The van der Waals surface area contributed by atoms with E-state index in [1.807, 2.05) is 19.9 Å². The number of allylic oxidation sites excluding steroid dienone is 4. The van der Waals surface area contributed by atoms with E-state index in [4.69, 9.17) is 0 Å². The van der Waals surface area contributed by atoms with Crippen molar-refractivity contribution in [2.75, 3.05) is 0 Å². The largest absolute Gasteiger partial charge is 0.330 e. The molecule has 1 aliphatic heterocycles. The van der Waals surface area contributed by atoms with Gasteiger partial charge < -0.3 is 5.32 Å². The summed E-state index contributed by atoms with van der Waals surface area (Å²) >= 11 is 0. The first-order chi connectivity index (χ1) is 7.04. The van der Waals surface area contributed by atoms with E-state index in [2.05, 4.69) is 5.32 Å². The molecule has 0 saturated carbocycles. The van der Waals surface area contributed by atoms with Crippen LogP contribution in [0.4, 0.5) is 0 Å². The first-order valence-electron chi connectivity index (χ1n) is 5.24. The molecule has 15 heavy (non-hydrogen) atoms. The molecule has 1 N–H and O–H groups in total. The van der Waals surface area contributed by atoms with Gasteiger partial charge in [0.15, 0.2) is 5.78 Å². The van der Waals surface area contributed by atoms with Gasteiger partial charge in [-0.15, -0.1) is 0 Å². The molecule has 1 atom stereocenters. The fraction of sp³-hybridized carbons (Fsp3) is 0.500. The Morgan fingerprint density at radius 3 is 2.67 bits per heavy atom. The Hall–Kier alpha value is -1.38. The van der Waals surface area contributed by atoms with Gasteiger partial charge in [0.05, 0.1) is 0 Å². The highest BCUT2D eigenvalue weighted by atomic mass is 16.2. The molecule has 2 rings (SSSR count). The highest BCUT2D eigenvalue weighted by Gasteiger charge is 2.46. The molecule has 2 aliphatic rings. The highest BCUT2D eigenvalue weighted by molar-refractivity contribution is 6.12.